The van der Waals surface area contributed by atoms with Gasteiger partial charge in [0.25, 0.3) is 0 Å². The molecule has 86 valence electrons. The number of carbonyl (C=O) groups is 1. The lowest BCUT2D eigenvalue weighted by Crippen LogP contribution is -2.39. The second kappa shape index (κ2) is 4.28. The Bertz CT molecular complexity index is 366. The molecular weight excluding hydrogens is 200 g/mol. The lowest BCUT2D eigenvalue weighted by Gasteiger charge is -2.31. The van der Waals surface area contributed by atoms with Crippen LogP contribution < -0.4 is 0 Å². The van der Waals surface area contributed by atoms with E-state index in [-0.39, 0.29) is 5.92 Å². The van der Waals surface area contributed by atoms with E-state index in [0.29, 0.717) is 0 Å². The molecule has 0 radical (unpaired) electrons. The summed E-state index contributed by atoms with van der Waals surface area (Å²) in [4.78, 5) is 11.6. The summed E-state index contributed by atoms with van der Waals surface area (Å²) in [6.07, 6.45) is 4.41. The average molecular weight is 218 g/mol. The number of carboxylic acid groups (broad SMARTS) is 1. The Balaban J connectivity index is 2.39. The fraction of sp³-hybridized carbons (Fsp3) is 0.500. The number of rotatable bonds is 3. The Hall–Kier alpha value is -1.31. The molecule has 1 aromatic rings. The van der Waals surface area contributed by atoms with E-state index in [9.17, 15) is 9.90 Å². The molecule has 0 aliphatic heterocycles. The van der Waals surface area contributed by atoms with E-state index < -0.39 is 11.4 Å². The standard InChI is InChI=1S/C14H18O2/c1-14(13(15)16,12-9-5-6-10-12)11-7-3-2-4-8-11/h2-4,7-8,12H,5-6,9-10H2,1H3,(H,15,16)/t14-/m0/s1. The minimum Gasteiger partial charge on any atom is -0.481 e. The van der Waals surface area contributed by atoms with Crippen molar-refractivity contribution in [3.63, 3.8) is 0 Å². The first kappa shape index (κ1) is 11.2. The summed E-state index contributed by atoms with van der Waals surface area (Å²) in [5.41, 5.74) is 0.229. The summed E-state index contributed by atoms with van der Waals surface area (Å²) >= 11 is 0. The van der Waals surface area contributed by atoms with Crippen LogP contribution in [0.1, 0.15) is 38.2 Å². The minimum atomic E-state index is -0.711. The molecular formula is C14H18O2. The zero-order valence-corrected chi connectivity index (χ0v) is 9.65. The number of carboxylic acids is 1. The van der Waals surface area contributed by atoms with Gasteiger partial charge in [-0.1, -0.05) is 43.2 Å². The summed E-state index contributed by atoms with van der Waals surface area (Å²) < 4.78 is 0. The third kappa shape index (κ3) is 1.73. The molecule has 2 rings (SSSR count). The van der Waals surface area contributed by atoms with Crippen LogP contribution in [0.4, 0.5) is 0 Å². The molecule has 2 heteroatoms. The summed E-state index contributed by atoms with van der Waals surface area (Å²) in [6, 6.07) is 9.65. The Kier molecular flexibility index (Phi) is 2.99. The van der Waals surface area contributed by atoms with Crippen LogP contribution in [0, 0.1) is 5.92 Å². The zero-order chi connectivity index (χ0) is 11.6. The largest absolute Gasteiger partial charge is 0.481 e. The van der Waals surface area contributed by atoms with Crippen molar-refractivity contribution >= 4 is 5.97 Å². The molecule has 0 spiro atoms. The number of benzene rings is 1. The number of aliphatic carboxylic acids is 1. The molecule has 16 heavy (non-hydrogen) atoms. The van der Waals surface area contributed by atoms with Crippen molar-refractivity contribution in [2.45, 2.75) is 38.0 Å². The van der Waals surface area contributed by atoms with Crippen LogP contribution in [0.3, 0.4) is 0 Å². The molecule has 0 bridgehead atoms. The molecule has 1 atom stereocenters. The third-order valence-corrected chi connectivity index (χ3v) is 3.99. The van der Waals surface area contributed by atoms with E-state index in [2.05, 4.69) is 0 Å². The van der Waals surface area contributed by atoms with Crippen molar-refractivity contribution in [1.82, 2.24) is 0 Å². The van der Waals surface area contributed by atoms with Gasteiger partial charge in [0.05, 0.1) is 5.41 Å². The molecule has 0 heterocycles. The Morgan fingerprint density at radius 3 is 2.31 bits per heavy atom. The Morgan fingerprint density at radius 1 is 1.25 bits per heavy atom. The van der Waals surface area contributed by atoms with E-state index in [4.69, 9.17) is 0 Å². The first-order valence-corrected chi connectivity index (χ1v) is 5.94. The summed E-state index contributed by atoms with van der Waals surface area (Å²) in [7, 11) is 0. The molecule has 1 aliphatic rings. The van der Waals surface area contributed by atoms with Gasteiger partial charge in [-0.05, 0) is 31.2 Å². The van der Waals surface area contributed by atoms with Crippen LogP contribution in [-0.4, -0.2) is 11.1 Å². The van der Waals surface area contributed by atoms with Crippen molar-refractivity contribution in [2.24, 2.45) is 5.92 Å². The highest BCUT2D eigenvalue weighted by molar-refractivity contribution is 5.81. The van der Waals surface area contributed by atoms with Crippen LogP contribution in [0.15, 0.2) is 30.3 Å². The van der Waals surface area contributed by atoms with Crippen molar-refractivity contribution in [3.8, 4) is 0 Å². The molecule has 0 amide bonds. The monoisotopic (exact) mass is 218 g/mol. The first-order chi connectivity index (χ1) is 7.65. The van der Waals surface area contributed by atoms with Crippen molar-refractivity contribution in [3.05, 3.63) is 35.9 Å². The predicted octanol–water partition coefficient (Wildman–Crippen LogP) is 3.22. The molecule has 0 aromatic heterocycles. The highest BCUT2D eigenvalue weighted by Crippen LogP contribution is 2.42. The highest BCUT2D eigenvalue weighted by Gasteiger charge is 2.43. The summed E-state index contributed by atoms with van der Waals surface area (Å²) in [5.74, 6) is -0.405. The molecule has 1 saturated carbocycles. The van der Waals surface area contributed by atoms with Crippen LogP contribution in [-0.2, 0) is 10.2 Å². The fourth-order valence-electron chi connectivity index (χ4n) is 2.82. The zero-order valence-electron chi connectivity index (χ0n) is 9.65. The van der Waals surface area contributed by atoms with E-state index >= 15 is 0 Å². The SMILES string of the molecule is C[C@](C(=O)O)(c1ccccc1)C1CCCC1. The molecule has 0 unspecified atom stereocenters. The van der Waals surface area contributed by atoms with Crippen molar-refractivity contribution in [2.75, 3.05) is 0 Å². The van der Waals surface area contributed by atoms with Gasteiger partial charge in [-0.25, -0.2) is 0 Å². The molecule has 1 N–H and O–H groups in total. The quantitative estimate of drug-likeness (QED) is 0.845. The molecule has 1 aliphatic carbocycles. The molecule has 1 fully saturated rings. The van der Waals surface area contributed by atoms with Crippen molar-refractivity contribution < 1.29 is 9.90 Å². The predicted molar refractivity (Wildman–Crippen MR) is 63.4 cm³/mol. The lowest BCUT2D eigenvalue weighted by atomic mass is 9.71. The van der Waals surface area contributed by atoms with Gasteiger partial charge < -0.3 is 5.11 Å². The lowest BCUT2D eigenvalue weighted by molar-refractivity contribution is -0.145. The number of hydrogen-bond acceptors (Lipinski definition) is 1. The van der Waals surface area contributed by atoms with E-state index in [1.165, 1.54) is 12.8 Å². The van der Waals surface area contributed by atoms with Gasteiger partial charge in [-0.15, -0.1) is 0 Å². The van der Waals surface area contributed by atoms with Gasteiger partial charge in [0, 0.05) is 0 Å². The fourth-order valence-corrected chi connectivity index (χ4v) is 2.82. The van der Waals surface area contributed by atoms with E-state index in [1.807, 2.05) is 37.3 Å². The Morgan fingerprint density at radius 2 is 1.81 bits per heavy atom. The van der Waals surface area contributed by atoms with Crippen LogP contribution in [0.25, 0.3) is 0 Å². The van der Waals surface area contributed by atoms with Gasteiger partial charge in [0.2, 0.25) is 0 Å². The van der Waals surface area contributed by atoms with Crippen LogP contribution in [0.5, 0.6) is 0 Å². The normalized spacial score (nSPS) is 20.6. The number of hydrogen-bond donors (Lipinski definition) is 1. The van der Waals surface area contributed by atoms with E-state index in [0.717, 1.165) is 18.4 Å². The molecule has 1 aromatic carbocycles. The summed E-state index contributed by atoms with van der Waals surface area (Å²) in [6.45, 7) is 1.88. The van der Waals surface area contributed by atoms with Crippen LogP contribution in [0.2, 0.25) is 0 Å². The Labute approximate surface area is 96.3 Å². The van der Waals surface area contributed by atoms with Gasteiger partial charge >= 0.3 is 5.97 Å². The van der Waals surface area contributed by atoms with Crippen LogP contribution >= 0.6 is 0 Å². The van der Waals surface area contributed by atoms with E-state index in [1.54, 1.807) is 0 Å². The smallest absolute Gasteiger partial charge is 0.314 e. The minimum absolute atomic E-state index is 0.285. The molecule has 0 saturated heterocycles. The summed E-state index contributed by atoms with van der Waals surface area (Å²) in [5, 5.41) is 9.55. The molecule has 2 nitrogen and oxygen atoms in total. The van der Waals surface area contributed by atoms with Gasteiger partial charge in [0.15, 0.2) is 0 Å². The maximum atomic E-state index is 11.6. The first-order valence-electron chi connectivity index (χ1n) is 5.94. The second-order valence-corrected chi connectivity index (χ2v) is 4.85. The second-order valence-electron chi connectivity index (χ2n) is 4.85. The highest BCUT2D eigenvalue weighted by atomic mass is 16.4. The average Bonchev–Trinajstić information content (AvgIpc) is 2.82. The van der Waals surface area contributed by atoms with Gasteiger partial charge in [0.1, 0.15) is 0 Å². The van der Waals surface area contributed by atoms with Gasteiger partial charge in [-0.3, -0.25) is 4.79 Å². The maximum absolute atomic E-state index is 11.6. The maximum Gasteiger partial charge on any atom is 0.314 e. The van der Waals surface area contributed by atoms with Gasteiger partial charge in [-0.2, -0.15) is 0 Å². The topological polar surface area (TPSA) is 37.3 Å². The van der Waals surface area contributed by atoms with Crippen molar-refractivity contribution in [1.29, 1.82) is 0 Å². The third-order valence-electron chi connectivity index (χ3n) is 3.99.